The molecule has 0 saturated carbocycles. The smallest absolute Gasteiger partial charge is 0.118 e. The van der Waals surface area contributed by atoms with Crippen molar-refractivity contribution in [3.63, 3.8) is 0 Å². The molecule has 2 heterocycles. The van der Waals surface area contributed by atoms with Crippen LogP contribution in [-0.2, 0) is 12.8 Å². The van der Waals surface area contributed by atoms with Crippen LogP contribution in [0.25, 0.3) is 20.7 Å². The van der Waals surface area contributed by atoms with Crippen molar-refractivity contribution in [1.82, 2.24) is 4.98 Å². The normalized spacial score (nSPS) is 13.6. The van der Waals surface area contributed by atoms with E-state index in [2.05, 4.69) is 18.2 Å². The van der Waals surface area contributed by atoms with Crippen LogP contribution in [0.15, 0.2) is 30.3 Å². The van der Waals surface area contributed by atoms with Crippen LogP contribution in [0.1, 0.15) is 17.7 Å². The maximum Gasteiger partial charge on any atom is 0.118 e. The van der Waals surface area contributed by atoms with E-state index in [4.69, 9.17) is 15.5 Å². The zero-order valence-corrected chi connectivity index (χ0v) is 12.7. The number of aromatic nitrogens is 1. The van der Waals surface area contributed by atoms with Crippen molar-refractivity contribution in [2.45, 2.75) is 19.3 Å². The lowest BCUT2D eigenvalue weighted by Gasteiger charge is -2.03. The van der Waals surface area contributed by atoms with E-state index in [9.17, 15) is 0 Å². The molecule has 0 fully saturated rings. The number of benzene rings is 1. The molecule has 0 aliphatic heterocycles. The number of thiophene rings is 1. The van der Waals surface area contributed by atoms with Gasteiger partial charge in [0.15, 0.2) is 0 Å². The number of fused-ring (bicyclic) bond motifs is 2. The number of nitrogen functional groups attached to an aromatic ring is 1. The fourth-order valence-electron chi connectivity index (χ4n) is 2.98. The zero-order chi connectivity index (χ0) is 14.4. The summed E-state index contributed by atoms with van der Waals surface area (Å²) in [5.41, 5.74) is 12.0. The van der Waals surface area contributed by atoms with E-state index in [-0.39, 0.29) is 0 Å². The van der Waals surface area contributed by atoms with E-state index in [0.717, 1.165) is 34.5 Å². The first kappa shape index (κ1) is 12.7. The van der Waals surface area contributed by atoms with Gasteiger partial charge < -0.3 is 10.5 Å². The van der Waals surface area contributed by atoms with E-state index in [1.165, 1.54) is 28.1 Å². The first-order valence-electron chi connectivity index (χ1n) is 7.11. The monoisotopic (exact) mass is 296 g/mol. The Hall–Kier alpha value is -2.07. The topological polar surface area (TPSA) is 48.1 Å². The molecular formula is C17H16N2OS. The molecule has 3 aromatic rings. The summed E-state index contributed by atoms with van der Waals surface area (Å²) in [5.74, 6) is 0.872. The third kappa shape index (κ3) is 1.98. The summed E-state index contributed by atoms with van der Waals surface area (Å²) in [6.07, 6.45) is 3.30. The van der Waals surface area contributed by atoms with Gasteiger partial charge in [0, 0.05) is 10.6 Å². The van der Waals surface area contributed by atoms with Gasteiger partial charge in [-0.05, 0) is 60.7 Å². The SMILES string of the molecule is COc1ccc(-c2cc3nc4c(c(N)c3s2)CCC4)cc1. The Balaban J connectivity index is 1.85. The maximum atomic E-state index is 6.36. The van der Waals surface area contributed by atoms with E-state index in [0.29, 0.717) is 0 Å². The van der Waals surface area contributed by atoms with E-state index in [1.54, 1.807) is 18.4 Å². The van der Waals surface area contributed by atoms with Crippen molar-refractivity contribution >= 4 is 27.2 Å². The second kappa shape index (κ2) is 4.74. The summed E-state index contributed by atoms with van der Waals surface area (Å²) in [6.45, 7) is 0. The number of anilines is 1. The van der Waals surface area contributed by atoms with Gasteiger partial charge in [0.1, 0.15) is 5.75 Å². The van der Waals surface area contributed by atoms with E-state index < -0.39 is 0 Å². The Morgan fingerprint density at radius 3 is 2.76 bits per heavy atom. The lowest BCUT2D eigenvalue weighted by Crippen LogP contribution is -1.96. The molecule has 4 heteroatoms. The number of aryl methyl sites for hydroxylation is 1. The second-order valence-corrected chi connectivity index (χ2v) is 6.41. The van der Waals surface area contributed by atoms with Crippen LogP contribution in [0, 0.1) is 0 Å². The number of rotatable bonds is 2. The molecule has 0 amide bonds. The summed E-state index contributed by atoms with van der Waals surface area (Å²) in [7, 11) is 1.68. The fraction of sp³-hybridized carbons (Fsp3) is 0.235. The Bertz CT molecular complexity index is 821. The average Bonchev–Trinajstić information content (AvgIpc) is 3.14. The molecule has 0 radical (unpaired) electrons. The molecule has 21 heavy (non-hydrogen) atoms. The van der Waals surface area contributed by atoms with Crippen LogP contribution in [-0.4, -0.2) is 12.1 Å². The molecule has 0 saturated heterocycles. The Morgan fingerprint density at radius 1 is 1.19 bits per heavy atom. The molecule has 0 unspecified atom stereocenters. The summed E-state index contributed by atoms with van der Waals surface area (Å²) >= 11 is 1.73. The summed E-state index contributed by atoms with van der Waals surface area (Å²) in [6, 6.07) is 10.3. The highest BCUT2D eigenvalue weighted by Gasteiger charge is 2.19. The van der Waals surface area contributed by atoms with E-state index >= 15 is 0 Å². The van der Waals surface area contributed by atoms with Crippen LogP contribution < -0.4 is 10.5 Å². The highest BCUT2D eigenvalue weighted by molar-refractivity contribution is 7.22. The Kier molecular flexibility index (Phi) is 2.86. The molecule has 2 N–H and O–H groups in total. The lowest BCUT2D eigenvalue weighted by molar-refractivity contribution is 0.415. The van der Waals surface area contributed by atoms with Crippen LogP contribution in [0.4, 0.5) is 5.69 Å². The summed E-state index contributed by atoms with van der Waals surface area (Å²) in [5, 5.41) is 0. The molecule has 1 aliphatic rings. The number of pyridine rings is 1. The van der Waals surface area contributed by atoms with Gasteiger partial charge in [-0.3, -0.25) is 4.98 Å². The molecule has 1 aromatic carbocycles. The predicted molar refractivity (Wildman–Crippen MR) is 88.0 cm³/mol. The van der Waals surface area contributed by atoms with Crippen LogP contribution >= 0.6 is 11.3 Å². The van der Waals surface area contributed by atoms with Crippen molar-refractivity contribution in [2.24, 2.45) is 0 Å². The largest absolute Gasteiger partial charge is 0.497 e. The van der Waals surface area contributed by atoms with Gasteiger partial charge in [0.25, 0.3) is 0 Å². The highest BCUT2D eigenvalue weighted by Crippen LogP contribution is 2.40. The van der Waals surface area contributed by atoms with Crippen molar-refractivity contribution in [1.29, 1.82) is 0 Å². The quantitative estimate of drug-likeness (QED) is 0.776. The van der Waals surface area contributed by atoms with Crippen molar-refractivity contribution in [3.8, 4) is 16.2 Å². The molecule has 0 spiro atoms. The first-order chi connectivity index (χ1) is 10.3. The molecule has 0 bridgehead atoms. The maximum absolute atomic E-state index is 6.36. The standard InChI is InChI=1S/C17H16N2OS/c1-20-11-7-5-10(6-8-11)15-9-14-17(21-15)16(18)12-3-2-4-13(12)19-14/h5-9H,2-4H2,1H3,(H2,18,19). The first-order valence-corrected chi connectivity index (χ1v) is 7.93. The van der Waals surface area contributed by atoms with Crippen LogP contribution in [0.5, 0.6) is 5.75 Å². The van der Waals surface area contributed by atoms with Crippen molar-refractivity contribution in [3.05, 3.63) is 41.6 Å². The van der Waals surface area contributed by atoms with Crippen LogP contribution in [0.2, 0.25) is 0 Å². The highest BCUT2D eigenvalue weighted by atomic mass is 32.1. The number of nitrogens with zero attached hydrogens (tertiary/aromatic N) is 1. The van der Waals surface area contributed by atoms with Crippen molar-refractivity contribution < 1.29 is 4.74 Å². The molecular weight excluding hydrogens is 280 g/mol. The minimum atomic E-state index is 0.872. The molecule has 2 aromatic heterocycles. The average molecular weight is 296 g/mol. The van der Waals surface area contributed by atoms with E-state index in [1.807, 2.05) is 12.1 Å². The number of methoxy groups -OCH3 is 1. The molecule has 106 valence electrons. The fourth-order valence-corrected chi connectivity index (χ4v) is 4.07. The molecule has 4 rings (SSSR count). The van der Waals surface area contributed by atoms with Gasteiger partial charge in [-0.15, -0.1) is 11.3 Å². The third-order valence-electron chi connectivity index (χ3n) is 4.10. The number of ether oxygens (including phenoxy) is 1. The van der Waals surface area contributed by atoms with Gasteiger partial charge in [-0.1, -0.05) is 0 Å². The lowest BCUT2D eigenvalue weighted by atomic mass is 10.1. The van der Waals surface area contributed by atoms with Crippen molar-refractivity contribution in [2.75, 3.05) is 12.8 Å². The van der Waals surface area contributed by atoms with Gasteiger partial charge in [0.2, 0.25) is 0 Å². The minimum Gasteiger partial charge on any atom is -0.497 e. The number of hydrogen-bond donors (Lipinski definition) is 1. The predicted octanol–water partition coefficient (Wildman–Crippen LogP) is 4.04. The second-order valence-electron chi connectivity index (χ2n) is 5.36. The van der Waals surface area contributed by atoms with Gasteiger partial charge in [0.05, 0.1) is 23.0 Å². The van der Waals surface area contributed by atoms with Gasteiger partial charge in [-0.25, -0.2) is 0 Å². The van der Waals surface area contributed by atoms with Gasteiger partial charge in [-0.2, -0.15) is 0 Å². The zero-order valence-electron chi connectivity index (χ0n) is 11.8. The Morgan fingerprint density at radius 2 is 2.00 bits per heavy atom. The number of nitrogens with two attached hydrogens (primary N) is 1. The molecule has 3 nitrogen and oxygen atoms in total. The third-order valence-corrected chi connectivity index (χ3v) is 5.31. The van der Waals surface area contributed by atoms with Crippen LogP contribution in [0.3, 0.4) is 0 Å². The summed E-state index contributed by atoms with van der Waals surface area (Å²) in [4.78, 5) is 6.01. The number of hydrogen-bond acceptors (Lipinski definition) is 4. The summed E-state index contributed by atoms with van der Waals surface area (Å²) < 4.78 is 6.33. The molecule has 0 atom stereocenters. The molecule has 1 aliphatic carbocycles. The minimum absolute atomic E-state index is 0.872. The van der Waals surface area contributed by atoms with Gasteiger partial charge >= 0.3 is 0 Å². The Labute approximate surface area is 127 Å².